The minimum atomic E-state index is -0.950. The maximum atomic E-state index is 11.7. The summed E-state index contributed by atoms with van der Waals surface area (Å²) in [5, 5.41) is 14.4. The van der Waals surface area contributed by atoms with Crippen molar-refractivity contribution in [3.05, 3.63) is 22.8 Å². The van der Waals surface area contributed by atoms with Crippen LogP contribution in [0.25, 0.3) is 0 Å². The largest absolute Gasteiger partial charge is 0.480 e. The number of pyridine rings is 1. The molecular weight excluding hydrogens is 326 g/mol. The van der Waals surface area contributed by atoms with E-state index >= 15 is 0 Å². The third-order valence-electron chi connectivity index (χ3n) is 2.96. The molecule has 0 fully saturated rings. The third-order valence-corrected chi connectivity index (χ3v) is 3.43. The van der Waals surface area contributed by atoms with E-state index in [1.165, 1.54) is 0 Å². The number of aliphatic carboxylic acids is 1. The number of amides is 1. The van der Waals surface area contributed by atoms with Gasteiger partial charge in [-0.15, -0.1) is 0 Å². The van der Waals surface area contributed by atoms with Crippen molar-refractivity contribution in [1.29, 1.82) is 0 Å². The van der Waals surface area contributed by atoms with Crippen LogP contribution in [-0.2, 0) is 9.59 Å². The third kappa shape index (κ3) is 5.26. The number of anilines is 1. The second kappa shape index (κ2) is 7.96. The van der Waals surface area contributed by atoms with Gasteiger partial charge in [0, 0.05) is 10.7 Å². The van der Waals surface area contributed by atoms with Crippen LogP contribution >= 0.6 is 15.9 Å². The van der Waals surface area contributed by atoms with E-state index in [2.05, 4.69) is 31.5 Å². The molecule has 0 bridgehead atoms. The number of hydrogen-bond acceptors (Lipinski definition) is 4. The molecule has 0 radical (unpaired) electrons. The normalized spacial score (nSPS) is 13.6. The predicted molar refractivity (Wildman–Crippen MR) is 79.4 cm³/mol. The number of nitrogens with zero attached hydrogens (tertiary/aromatic N) is 1. The first-order valence-corrected chi connectivity index (χ1v) is 7.11. The smallest absolute Gasteiger partial charge is 0.320 e. The highest BCUT2D eigenvalue weighted by Gasteiger charge is 2.23. The molecule has 0 spiro atoms. The van der Waals surface area contributed by atoms with Crippen LogP contribution in [0.1, 0.15) is 20.3 Å². The molecule has 3 N–H and O–H groups in total. The van der Waals surface area contributed by atoms with Crippen molar-refractivity contribution >= 4 is 33.6 Å². The molecule has 1 aromatic rings. The Labute approximate surface area is 126 Å². The van der Waals surface area contributed by atoms with Crippen molar-refractivity contribution < 1.29 is 14.7 Å². The molecule has 20 heavy (non-hydrogen) atoms. The Morgan fingerprint density at radius 3 is 2.65 bits per heavy atom. The Balaban J connectivity index is 2.49. The summed E-state index contributed by atoms with van der Waals surface area (Å²) in [5.41, 5.74) is 0. The first-order valence-electron chi connectivity index (χ1n) is 6.31. The molecular formula is C13H18BrN3O3. The highest BCUT2D eigenvalue weighted by atomic mass is 79.9. The summed E-state index contributed by atoms with van der Waals surface area (Å²) in [5.74, 6) is -0.898. The number of carboxylic acids is 1. The average molecular weight is 344 g/mol. The molecule has 0 saturated carbocycles. The van der Waals surface area contributed by atoms with Crippen molar-refractivity contribution in [1.82, 2.24) is 10.3 Å². The van der Waals surface area contributed by atoms with Crippen molar-refractivity contribution in [2.24, 2.45) is 5.92 Å². The zero-order valence-corrected chi connectivity index (χ0v) is 13.0. The van der Waals surface area contributed by atoms with Crippen molar-refractivity contribution in [2.45, 2.75) is 26.3 Å². The monoisotopic (exact) mass is 343 g/mol. The van der Waals surface area contributed by atoms with Crippen molar-refractivity contribution in [3.8, 4) is 0 Å². The van der Waals surface area contributed by atoms with Gasteiger partial charge in [-0.25, -0.2) is 4.98 Å². The molecule has 1 heterocycles. The van der Waals surface area contributed by atoms with Gasteiger partial charge in [0.1, 0.15) is 11.9 Å². The molecule has 1 aromatic heterocycles. The summed E-state index contributed by atoms with van der Waals surface area (Å²) in [6, 6.07) is 2.68. The lowest BCUT2D eigenvalue weighted by atomic mass is 9.99. The Hall–Kier alpha value is -1.47. The number of carboxylic acid groups (broad SMARTS) is 1. The summed E-state index contributed by atoms with van der Waals surface area (Å²) in [6.07, 6.45) is 2.29. The van der Waals surface area contributed by atoms with Gasteiger partial charge < -0.3 is 10.4 Å². The summed E-state index contributed by atoms with van der Waals surface area (Å²) < 4.78 is 0.816. The van der Waals surface area contributed by atoms with Crippen LogP contribution in [-0.4, -0.2) is 34.6 Å². The molecule has 110 valence electrons. The molecule has 0 aromatic carbocycles. The molecule has 0 aliphatic carbocycles. The number of halogens is 1. The Kier molecular flexibility index (Phi) is 6.60. The molecule has 0 saturated heterocycles. The number of carbonyl (C=O) groups excluding carboxylic acids is 1. The van der Waals surface area contributed by atoms with Crippen LogP contribution in [0.15, 0.2) is 22.8 Å². The first-order chi connectivity index (χ1) is 9.43. The minimum absolute atomic E-state index is 0.0499. The fourth-order valence-electron chi connectivity index (χ4n) is 1.61. The van der Waals surface area contributed by atoms with E-state index in [1.54, 1.807) is 18.3 Å². The van der Waals surface area contributed by atoms with Crippen molar-refractivity contribution in [2.75, 3.05) is 11.9 Å². The zero-order chi connectivity index (χ0) is 15.1. The summed E-state index contributed by atoms with van der Waals surface area (Å²) in [7, 11) is 0. The van der Waals surface area contributed by atoms with Crippen LogP contribution in [0.5, 0.6) is 0 Å². The van der Waals surface area contributed by atoms with Gasteiger partial charge in [0.2, 0.25) is 5.91 Å². The van der Waals surface area contributed by atoms with E-state index in [0.29, 0.717) is 5.82 Å². The Morgan fingerprint density at radius 2 is 2.15 bits per heavy atom. The van der Waals surface area contributed by atoms with Gasteiger partial charge in [-0.1, -0.05) is 20.3 Å². The quantitative estimate of drug-likeness (QED) is 0.702. The molecule has 1 amide bonds. The van der Waals surface area contributed by atoms with E-state index in [0.717, 1.165) is 10.9 Å². The maximum absolute atomic E-state index is 11.7. The van der Waals surface area contributed by atoms with E-state index in [9.17, 15) is 9.59 Å². The number of aromatic nitrogens is 1. The molecule has 0 aliphatic heterocycles. The van der Waals surface area contributed by atoms with Crippen LogP contribution in [0.3, 0.4) is 0 Å². The van der Waals surface area contributed by atoms with Gasteiger partial charge in [0.15, 0.2) is 0 Å². The maximum Gasteiger partial charge on any atom is 0.320 e. The highest BCUT2D eigenvalue weighted by Crippen LogP contribution is 2.10. The highest BCUT2D eigenvalue weighted by molar-refractivity contribution is 9.10. The Bertz CT molecular complexity index is 464. The van der Waals surface area contributed by atoms with Crippen LogP contribution in [0, 0.1) is 5.92 Å². The lowest BCUT2D eigenvalue weighted by molar-refractivity contribution is -0.140. The first kappa shape index (κ1) is 16.6. The second-order valence-electron chi connectivity index (χ2n) is 4.49. The van der Waals surface area contributed by atoms with E-state index < -0.39 is 12.0 Å². The number of carbonyl (C=O) groups is 2. The van der Waals surface area contributed by atoms with Gasteiger partial charge in [0.05, 0.1) is 6.54 Å². The second-order valence-corrected chi connectivity index (χ2v) is 5.41. The van der Waals surface area contributed by atoms with Crippen LogP contribution in [0.4, 0.5) is 5.82 Å². The Morgan fingerprint density at radius 1 is 1.45 bits per heavy atom. The number of hydrogen-bond donors (Lipinski definition) is 3. The fourth-order valence-corrected chi connectivity index (χ4v) is 1.84. The number of nitrogens with one attached hydrogen (secondary N) is 2. The summed E-state index contributed by atoms with van der Waals surface area (Å²) in [4.78, 5) is 26.8. The van der Waals surface area contributed by atoms with E-state index in [4.69, 9.17) is 5.11 Å². The van der Waals surface area contributed by atoms with Gasteiger partial charge >= 0.3 is 5.97 Å². The molecule has 7 heteroatoms. The molecule has 0 aliphatic rings. The van der Waals surface area contributed by atoms with Crippen LogP contribution < -0.4 is 10.6 Å². The molecule has 0 unspecified atom stereocenters. The van der Waals surface area contributed by atoms with Crippen LogP contribution in [0.2, 0.25) is 0 Å². The lowest BCUT2D eigenvalue weighted by Crippen LogP contribution is -2.45. The standard InChI is InChI=1S/C13H18BrN3O3/c1-3-8(2)12(13(19)20)16-7-11(18)17-10-5-4-9(14)6-15-10/h4-6,8,12,16H,3,7H2,1-2H3,(H,19,20)(H,15,17,18)/t8-,12-/m0/s1. The topological polar surface area (TPSA) is 91.3 Å². The zero-order valence-electron chi connectivity index (χ0n) is 11.4. The van der Waals surface area contributed by atoms with E-state index in [1.807, 2.05) is 13.8 Å². The summed E-state index contributed by atoms with van der Waals surface area (Å²) in [6.45, 7) is 3.67. The molecule has 6 nitrogen and oxygen atoms in total. The van der Waals surface area contributed by atoms with Crippen molar-refractivity contribution in [3.63, 3.8) is 0 Å². The molecule has 2 atom stereocenters. The lowest BCUT2D eigenvalue weighted by Gasteiger charge is -2.19. The van der Waals surface area contributed by atoms with Gasteiger partial charge in [0.25, 0.3) is 0 Å². The predicted octanol–water partition coefficient (Wildman–Crippen LogP) is 1.87. The molecule has 1 rings (SSSR count). The van der Waals surface area contributed by atoms with Gasteiger partial charge in [-0.2, -0.15) is 0 Å². The van der Waals surface area contributed by atoms with E-state index in [-0.39, 0.29) is 18.4 Å². The van der Waals surface area contributed by atoms with Gasteiger partial charge in [-0.3, -0.25) is 14.9 Å². The van der Waals surface area contributed by atoms with Gasteiger partial charge in [-0.05, 0) is 34.0 Å². The average Bonchev–Trinajstić information content (AvgIpc) is 2.41. The SMILES string of the molecule is CC[C@H](C)[C@H](NCC(=O)Nc1ccc(Br)cn1)C(=O)O. The minimum Gasteiger partial charge on any atom is -0.480 e. The fraction of sp³-hybridized carbons (Fsp3) is 0.462. The summed E-state index contributed by atoms with van der Waals surface area (Å²) >= 11 is 3.25. The number of rotatable bonds is 7.